The lowest BCUT2D eigenvalue weighted by Gasteiger charge is -2.26. The third kappa shape index (κ3) is 2.82. The minimum absolute atomic E-state index is 0.0589. The van der Waals surface area contributed by atoms with Gasteiger partial charge in [-0.15, -0.1) is 11.6 Å². The molecule has 0 saturated carbocycles. The van der Waals surface area contributed by atoms with Crippen LogP contribution in [0.4, 0.5) is 11.4 Å². The van der Waals surface area contributed by atoms with Gasteiger partial charge in [-0.25, -0.2) is 0 Å². The molecule has 0 aliphatic heterocycles. The fraction of sp³-hybridized carbons (Fsp3) is 0.150. The maximum atomic E-state index is 12.6. The van der Waals surface area contributed by atoms with Crippen LogP contribution in [-0.2, 0) is 4.79 Å². The van der Waals surface area contributed by atoms with E-state index in [9.17, 15) is 4.79 Å². The molecule has 3 aromatic carbocycles. The van der Waals surface area contributed by atoms with Crippen molar-refractivity contribution in [2.75, 3.05) is 10.8 Å². The lowest BCUT2D eigenvalue weighted by atomic mass is 9.98. The number of nitrogens with zero attached hydrogens (tertiary/aromatic N) is 1. The normalized spacial score (nSPS) is 10.7. The van der Waals surface area contributed by atoms with Crippen molar-refractivity contribution in [2.45, 2.75) is 13.8 Å². The molecule has 0 aliphatic carbocycles. The fourth-order valence-corrected chi connectivity index (χ4v) is 3.01. The Morgan fingerprint density at radius 2 is 1.65 bits per heavy atom. The van der Waals surface area contributed by atoms with Crippen LogP contribution in [0.3, 0.4) is 0 Å². The Labute approximate surface area is 141 Å². The zero-order valence-corrected chi connectivity index (χ0v) is 14.0. The highest BCUT2D eigenvalue weighted by Crippen LogP contribution is 2.37. The highest BCUT2D eigenvalue weighted by atomic mass is 35.5. The van der Waals surface area contributed by atoms with Gasteiger partial charge in [0.25, 0.3) is 0 Å². The summed E-state index contributed by atoms with van der Waals surface area (Å²) in [6.45, 7) is 4.12. The molecule has 0 heterocycles. The number of hydrogen-bond acceptors (Lipinski definition) is 1. The molecule has 3 aromatic rings. The van der Waals surface area contributed by atoms with E-state index in [1.54, 1.807) is 4.90 Å². The predicted molar refractivity (Wildman–Crippen MR) is 97.7 cm³/mol. The van der Waals surface area contributed by atoms with Gasteiger partial charge in [-0.2, -0.15) is 0 Å². The lowest BCUT2D eigenvalue weighted by molar-refractivity contribution is -0.115. The van der Waals surface area contributed by atoms with Gasteiger partial charge in [0.15, 0.2) is 0 Å². The zero-order chi connectivity index (χ0) is 16.4. The molecule has 0 bridgehead atoms. The van der Waals surface area contributed by atoms with E-state index in [1.807, 2.05) is 42.5 Å². The van der Waals surface area contributed by atoms with E-state index < -0.39 is 0 Å². The summed E-state index contributed by atoms with van der Waals surface area (Å²) in [7, 11) is 0. The Kier molecular flexibility index (Phi) is 4.35. The molecule has 0 aliphatic rings. The Morgan fingerprint density at radius 3 is 2.35 bits per heavy atom. The van der Waals surface area contributed by atoms with Crippen LogP contribution in [0, 0.1) is 13.8 Å². The number of hydrogen-bond donors (Lipinski definition) is 0. The molecule has 3 heteroatoms. The second kappa shape index (κ2) is 6.43. The van der Waals surface area contributed by atoms with Crippen molar-refractivity contribution in [3.63, 3.8) is 0 Å². The Balaban J connectivity index is 2.34. The molecule has 0 N–H and O–H groups in total. The molecular formula is C20H18ClNO. The highest BCUT2D eigenvalue weighted by Gasteiger charge is 2.22. The summed E-state index contributed by atoms with van der Waals surface area (Å²) in [6, 6.07) is 19.9. The number of carbonyl (C=O) groups excluding carboxylic acids is 1. The molecule has 0 unspecified atom stereocenters. The van der Waals surface area contributed by atoms with Crippen molar-refractivity contribution in [1.82, 2.24) is 0 Å². The van der Waals surface area contributed by atoms with Gasteiger partial charge in [0, 0.05) is 11.1 Å². The number of fused-ring (bicyclic) bond motifs is 1. The first-order valence-corrected chi connectivity index (χ1v) is 8.10. The minimum Gasteiger partial charge on any atom is -0.279 e. The van der Waals surface area contributed by atoms with Crippen LogP contribution in [0.1, 0.15) is 11.1 Å². The first-order valence-electron chi connectivity index (χ1n) is 7.56. The zero-order valence-electron chi connectivity index (χ0n) is 13.2. The average molecular weight is 324 g/mol. The maximum absolute atomic E-state index is 12.6. The standard InChI is InChI=1S/C20H18ClNO/c1-14-12-16-8-6-7-11-18(16)20(15(14)2)22(19(23)13-21)17-9-4-3-5-10-17/h3-12H,13H2,1-2H3. The highest BCUT2D eigenvalue weighted by molar-refractivity contribution is 6.31. The summed E-state index contributed by atoms with van der Waals surface area (Å²) in [6.07, 6.45) is 0. The van der Waals surface area contributed by atoms with Gasteiger partial charge in [-0.05, 0) is 42.5 Å². The number of rotatable bonds is 3. The van der Waals surface area contributed by atoms with Gasteiger partial charge in [0.2, 0.25) is 5.91 Å². The summed E-state index contributed by atoms with van der Waals surface area (Å²) in [5, 5.41) is 2.17. The number of benzene rings is 3. The van der Waals surface area contributed by atoms with Gasteiger partial charge >= 0.3 is 0 Å². The molecule has 0 saturated heterocycles. The number of amides is 1. The quantitative estimate of drug-likeness (QED) is 0.594. The van der Waals surface area contributed by atoms with E-state index in [4.69, 9.17) is 11.6 Å². The molecule has 0 fully saturated rings. The third-order valence-corrected chi connectivity index (χ3v) is 4.36. The van der Waals surface area contributed by atoms with E-state index in [1.165, 1.54) is 0 Å². The summed E-state index contributed by atoms with van der Waals surface area (Å²) in [4.78, 5) is 14.3. The molecule has 0 radical (unpaired) electrons. The van der Waals surface area contributed by atoms with Crippen LogP contribution in [0.15, 0.2) is 60.7 Å². The van der Waals surface area contributed by atoms with Crippen LogP contribution in [0.5, 0.6) is 0 Å². The molecule has 2 nitrogen and oxygen atoms in total. The molecule has 3 rings (SSSR count). The first kappa shape index (κ1) is 15.6. The second-order valence-corrected chi connectivity index (χ2v) is 5.85. The van der Waals surface area contributed by atoms with Crippen LogP contribution < -0.4 is 4.90 Å². The van der Waals surface area contributed by atoms with E-state index in [-0.39, 0.29) is 11.8 Å². The molecule has 23 heavy (non-hydrogen) atoms. The fourth-order valence-electron chi connectivity index (χ4n) is 2.89. The molecule has 116 valence electrons. The molecular weight excluding hydrogens is 306 g/mol. The van der Waals surface area contributed by atoms with Gasteiger partial charge in [0.05, 0.1) is 5.69 Å². The van der Waals surface area contributed by atoms with Gasteiger partial charge in [0.1, 0.15) is 5.88 Å². The third-order valence-electron chi connectivity index (χ3n) is 4.14. The van der Waals surface area contributed by atoms with E-state index in [0.717, 1.165) is 33.3 Å². The van der Waals surface area contributed by atoms with Crippen molar-refractivity contribution in [3.05, 3.63) is 71.8 Å². The van der Waals surface area contributed by atoms with E-state index >= 15 is 0 Å². The minimum atomic E-state index is -0.128. The number of halogens is 1. The summed E-state index contributed by atoms with van der Waals surface area (Å²) < 4.78 is 0. The van der Waals surface area contributed by atoms with Crippen LogP contribution in [0.25, 0.3) is 10.8 Å². The van der Waals surface area contributed by atoms with Crippen LogP contribution in [-0.4, -0.2) is 11.8 Å². The first-order chi connectivity index (χ1) is 11.1. The number of para-hydroxylation sites is 1. The lowest BCUT2D eigenvalue weighted by Crippen LogP contribution is -2.28. The van der Waals surface area contributed by atoms with Gasteiger partial charge in [-0.3, -0.25) is 9.69 Å². The smallest absolute Gasteiger partial charge is 0.246 e. The molecule has 0 atom stereocenters. The second-order valence-electron chi connectivity index (χ2n) is 5.59. The van der Waals surface area contributed by atoms with E-state index in [2.05, 4.69) is 32.0 Å². The number of carbonyl (C=O) groups is 1. The predicted octanol–water partition coefficient (Wildman–Crippen LogP) is 5.36. The molecule has 1 amide bonds. The molecule has 0 spiro atoms. The number of anilines is 2. The Morgan fingerprint density at radius 1 is 1.00 bits per heavy atom. The van der Waals surface area contributed by atoms with Gasteiger partial charge < -0.3 is 0 Å². The van der Waals surface area contributed by atoms with E-state index in [0.29, 0.717) is 0 Å². The summed E-state index contributed by atoms with van der Waals surface area (Å²) in [5.41, 5.74) is 3.99. The average Bonchev–Trinajstić information content (AvgIpc) is 2.59. The largest absolute Gasteiger partial charge is 0.279 e. The van der Waals surface area contributed by atoms with Crippen LogP contribution >= 0.6 is 11.6 Å². The number of alkyl halides is 1. The van der Waals surface area contributed by atoms with Crippen molar-refractivity contribution in [3.8, 4) is 0 Å². The van der Waals surface area contributed by atoms with Crippen molar-refractivity contribution >= 4 is 39.7 Å². The number of aryl methyl sites for hydroxylation is 1. The SMILES string of the molecule is Cc1cc2ccccc2c(N(C(=O)CCl)c2ccccc2)c1C. The van der Waals surface area contributed by atoms with Crippen LogP contribution in [0.2, 0.25) is 0 Å². The molecule has 0 aromatic heterocycles. The topological polar surface area (TPSA) is 20.3 Å². The van der Waals surface area contributed by atoms with Gasteiger partial charge in [-0.1, -0.05) is 48.5 Å². The summed E-state index contributed by atoms with van der Waals surface area (Å²) >= 11 is 5.90. The summed E-state index contributed by atoms with van der Waals surface area (Å²) in [5.74, 6) is -0.187. The monoisotopic (exact) mass is 323 g/mol. The van der Waals surface area contributed by atoms with Crippen molar-refractivity contribution in [1.29, 1.82) is 0 Å². The Bertz CT molecular complexity index is 858. The van der Waals surface area contributed by atoms with Crippen molar-refractivity contribution in [2.24, 2.45) is 0 Å². The maximum Gasteiger partial charge on any atom is 0.246 e. The van der Waals surface area contributed by atoms with Crippen molar-refractivity contribution < 1.29 is 4.79 Å². The Hall–Kier alpha value is -2.32.